The number of rotatable bonds is 3. The van der Waals surface area contributed by atoms with Crippen LogP contribution >= 0.6 is 0 Å². The summed E-state index contributed by atoms with van der Waals surface area (Å²) in [4.78, 5) is 11.5. The van der Waals surface area contributed by atoms with E-state index in [1.807, 2.05) is 18.2 Å². The maximum absolute atomic E-state index is 11.5. The summed E-state index contributed by atoms with van der Waals surface area (Å²) in [5, 5.41) is 2.82. The molecule has 1 aliphatic heterocycles. The van der Waals surface area contributed by atoms with Crippen LogP contribution in [0.15, 0.2) is 24.3 Å². The maximum atomic E-state index is 11.5. The van der Waals surface area contributed by atoms with Crippen LogP contribution < -0.4 is 20.5 Å². The number of nitrogens with two attached hydrogens (primary N) is 1. The molecule has 94 valence electrons. The average molecular weight is 246 g/mol. The third-order valence-electron chi connectivity index (χ3n) is 2.99. The van der Waals surface area contributed by atoms with Crippen molar-refractivity contribution in [2.75, 3.05) is 6.79 Å². The molecule has 18 heavy (non-hydrogen) atoms. The van der Waals surface area contributed by atoms with E-state index in [1.54, 1.807) is 6.08 Å². The second kappa shape index (κ2) is 4.34. The number of hydrogen-bond donors (Lipinski definition) is 2. The van der Waals surface area contributed by atoms with Crippen LogP contribution in [0.5, 0.6) is 11.5 Å². The smallest absolute Gasteiger partial charge is 0.244 e. The van der Waals surface area contributed by atoms with Crippen LogP contribution in [-0.2, 0) is 4.79 Å². The van der Waals surface area contributed by atoms with Gasteiger partial charge in [0.2, 0.25) is 12.7 Å². The first-order valence-electron chi connectivity index (χ1n) is 5.86. The van der Waals surface area contributed by atoms with E-state index in [9.17, 15) is 4.79 Å². The molecule has 0 bridgehead atoms. The Bertz CT molecular complexity index is 513. The van der Waals surface area contributed by atoms with Crippen molar-refractivity contribution in [3.8, 4) is 11.5 Å². The van der Waals surface area contributed by atoms with Gasteiger partial charge in [0.1, 0.15) is 0 Å². The zero-order valence-electron chi connectivity index (χ0n) is 9.76. The molecular weight excluding hydrogens is 232 g/mol. The van der Waals surface area contributed by atoms with Crippen LogP contribution in [0.4, 0.5) is 0 Å². The first-order valence-corrected chi connectivity index (χ1v) is 5.86. The summed E-state index contributed by atoms with van der Waals surface area (Å²) in [5.74, 6) is 1.33. The molecule has 5 heteroatoms. The highest BCUT2D eigenvalue weighted by atomic mass is 16.7. The van der Waals surface area contributed by atoms with Gasteiger partial charge in [0.05, 0.1) is 0 Å². The molecule has 0 saturated heterocycles. The molecule has 1 heterocycles. The van der Waals surface area contributed by atoms with Gasteiger partial charge < -0.3 is 20.5 Å². The number of benzene rings is 1. The van der Waals surface area contributed by atoms with Crippen LogP contribution in [0.25, 0.3) is 6.08 Å². The van der Waals surface area contributed by atoms with Crippen LogP contribution in [0.2, 0.25) is 0 Å². The second-order valence-electron chi connectivity index (χ2n) is 4.46. The lowest BCUT2D eigenvalue weighted by Crippen LogP contribution is -2.27. The van der Waals surface area contributed by atoms with Gasteiger partial charge >= 0.3 is 0 Å². The molecule has 0 radical (unpaired) electrons. The Kier molecular flexibility index (Phi) is 2.68. The molecule has 3 rings (SSSR count). The van der Waals surface area contributed by atoms with Crippen molar-refractivity contribution >= 4 is 12.0 Å². The summed E-state index contributed by atoms with van der Waals surface area (Å²) >= 11 is 0. The van der Waals surface area contributed by atoms with Gasteiger partial charge in [-0.25, -0.2) is 0 Å². The highest BCUT2D eigenvalue weighted by molar-refractivity contribution is 5.92. The van der Waals surface area contributed by atoms with Crippen molar-refractivity contribution in [1.82, 2.24) is 5.32 Å². The Morgan fingerprint density at radius 2 is 2.17 bits per heavy atom. The molecule has 3 N–H and O–H groups in total. The van der Waals surface area contributed by atoms with Crippen molar-refractivity contribution in [3.05, 3.63) is 29.8 Å². The molecule has 2 aliphatic rings. The van der Waals surface area contributed by atoms with E-state index in [0.717, 1.165) is 17.7 Å². The molecule has 1 aromatic rings. The van der Waals surface area contributed by atoms with Gasteiger partial charge in [0.15, 0.2) is 11.5 Å². The number of carbonyl (C=O) groups excluding carboxylic acids is 1. The van der Waals surface area contributed by atoms with E-state index >= 15 is 0 Å². The molecule has 0 aromatic heterocycles. The van der Waals surface area contributed by atoms with Crippen LogP contribution in [-0.4, -0.2) is 24.8 Å². The molecule has 1 aromatic carbocycles. The molecule has 0 spiro atoms. The molecular formula is C13H14N2O3. The molecule has 5 nitrogen and oxygen atoms in total. The minimum atomic E-state index is -0.120. The van der Waals surface area contributed by atoms with E-state index < -0.39 is 0 Å². The fraction of sp³-hybridized carbons (Fsp3) is 0.308. The fourth-order valence-electron chi connectivity index (χ4n) is 1.80. The van der Waals surface area contributed by atoms with E-state index in [-0.39, 0.29) is 24.8 Å². The fourth-order valence-corrected chi connectivity index (χ4v) is 1.80. The first-order chi connectivity index (χ1) is 8.72. The molecule has 1 fully saturated rings. The normalized spacial score (nSPS) is 24.3. The van der Waals surface area contributed by atoms with Gasteiger partial charge in [-0.2, -0.15) is 0 Å². The molecule has 2 atom stereocenters. The zero-order valence-corrected chi connectivity index (χ0v) is 9.76. The minimum Gasteiger partial charge on any atom is -0.454 e. The van der Waals surface area contributed by atoms with Crippen molar-refractivity contribution < 1.29 is 14.3 Å². The molecule has 2 unspecified atom stereocenters. The predicted molar refractivity (Wildman–Crippen MR) is 66.1 cm³/mol. The average Bonchev–Trinajstić information content (AvgIpc) is 2.88. The third-order valence-corrected chi connectivity index (χ3v) is 2.99. The van der Waals surface area contributed by atoms with E-state index in [2.05, 4.69) is 5.32 Å². The molecule has 1 amide bonds. The topological polar surface area (TPSA) is 73.6 Å². The summed E-state index contributed by atoms with van der Waals surface area (Å²) in [5.41, 5.74) is 6.51. The van der Waals surface area contributed by atoms with Gasteiger partial charge in [-0.15, -0.1) is 0 Å². The third kappa shape index (κ3) is 2.31. The van der Waals surface area contributed by atoms with Crippen LogP contribution in [0.3, 0.4) is 0 Å². The van der Waals surface area contributed by atoms with Crippen molar-refractivity contribution in [1.29, 1.82) is 0 Å². The lowest BCUT2D eigenvalue weighted by molar-refractivity contribution is -0.116. The maximum Gasteiger partial charge on any atom is 0.244 e. The number of hydrogen-bond acceptors (Lipinski definition) is 4. The predicted octanol–water partition coefficient (Wildman–Crippen LogP) is 0.644. The van der Waals surface area contributed by atoms with E-state index in [1.165, 1.54) is 6.08 Å². The summed E-state index contributed by atoms with van der Waals surface area (Å²) < 4.78 is 10.5. The van der Waals surface area contributed by atoms with Gasteiger partial charge in [-0.1, -0.05) is 6.07 Å². The largest absolute Gasteiger partial charge is 0.454 e. The zero-order chi connectivity index (χ0) is 12.5. The highest BCUT2D eigenvalue weighted by Crippen LogP contribution is 2.32. The van der Waals surface area contributed by atoms with Gasteiger partial charge in [0.25, 0.3) is 0 Å². The molecule has 1 aliphatic carbocycles. The van der Waals surface area contributed by atoms with Gasteiger partial charge in [-0.05, 0) is 30.2 Å². The van der Waals surface area contributed by atoms with Gasteiger partial charge in [0, 0.05) is 18.2 Å². The highest BCUT2D eigenvalue weighted by Gasteiger charge is 2.34. The Morgan fingerprint density at radius 3 is 2.94 bits per heavy atom. The lowest BCUT2D eigenvalue weighted by atomic mass is 10.2. The SMILES string of the molecule is NC1CC1NC(=O)/C=C/c1ccc2c(c1)OCO2. The lowest BCUT2D eigenvalue weighted by Gasteiger charge is -1.99. The summed E-state index contributed by atoms with van der Waals surface area (Å²) in [6.45, 7) is 0.253. The minimum absolute atomic E-state index is 0.118. The monoisotopic (exact) mass is 246 g/mol. The Hall–Kier alpha value is -2.01. The summed E-state index contributed by atoms with van der Waals surface area (Å²) in [6, 6.07) is 5.80. The Balaban J connectivity index is 1.63. The summed E-state index contributed by atoms with van der Waals surface area (Å²) in [6.07, 6.45) is 4.11. The second-order valence-corrected chi connectivity index (χ2v) is 4.46. The number of fused-ring (bicyclic) bond motifs is 1. The van der Waals surface area contributed by atoms with E-state index in [0.29, 0.717) is 5.75 Å². The first kappa shape index (κ1) is 11.1. The number of nitrogens with one attached hydrogen (secondary N) is 1. The number of carbonyl (C=O) groups is 1. The van der Waals surface area contributed by atoms with Crippen molar-refractivity contribution in [2.24, 2.45) is 5.73 Å². The van der Waals surface area contributed by atoms with Gasteiger partial charge in [-0.3, -0.25) is 4.79 Å². The molecule has 1 saturated carbocycles. The van der Waals surface area contributed by atoms with Crippen molar-refractivity contribution in [2.45, 2.75) is 18.5 Å². The Labute approximate surface area is 105 Å². The standard InChI is InChI=1S/C13H14N2O3/c14-9-6-10(9)15-13(16)4-2-8-1-3-11-12(5-8)18-7-17-11/h1-5,9-10H,6-7,14H2,(H,15,16)/b4-2+. The van der Waals surface area contributed by atoms with Crippen LogP contribution in [0.1, 0.15) is 12.0 Å². The van der Waals surface area contributed by atoms with Crippen molar-refractivity contribution in [3.63, 3.8) is 0 Å². The van der Waals surface area contributed by atoms with Crippen LogP contribution in [0, 0.1) is 0 Å². The summed E-state index contributed by atoms with van der Waals surface area (Å²) in [7, 11) is 0. The quantitative estimate of drug-likeness (QED) is 0.768. The Morgan fingerprint density at radius 1 is 1.39 bits per heavy atom. The van der Waals surface area contributed by atoms with E-state index in [4.69, 9.17) is 15.2 Å². The number of ether oxygens (including phenoxy) is 2. The number of amides is 1.